The first-order valence-corrected chi connectivity index (χ1v) is 8.85. The fourth-order valence-corrected chi connectivity index (χ4v) is 4.33. The van der Waals surface area contributed by atoms with E-state index >= 15 is 0 Å². The van der Waals surface area contributed by atoms with E-state index in [1.165, 1.54) is 6.07 Å². The molecule has 1 aliphatic heterocycles. The van der Waals surface area contributed by atoms with Gasteiger partial charge in [-0.25, -0.2) is 18.1 Å². The maximum atomic E-state index is 12.4. The van der Waals surface area contributed by atoms with Gasteiger partial charge >= 0.3 is 0 Å². The zero-order chi connectivity index (χ0) is 15.6. The Morgan fingerprint density at radius 1 is 1.18 bits per heavy atom. The Hall–Kier alpha value is -1.63. The normalized spacial score (nSPS) is 18.6. The van der Waals surface area contributed by atoms with Crippen LogP contribution in [0.25, 0.3) is 0 Å². The molecule has 1 aliphatic rings. The molecule has 0 spiro atoms. The highest BCUT2D eigenvalue weighted by Gasteiger charge is 2.28. The van der Waals surface area contributed by atoms with Crippen LogP contribution in [0.15, 0.2) is 53.6 Å². The van der Waals surface area contributed by atoms with Crippen LogP contribution in [-0.4, -0.2) is 32.5 Å². The van der Waals surface area contributed by atoms with Gasteiger partial charge < -0.3 is 4.90 Å². The smallest absolute Gasteiger partial charge is 0.242 e. The van der Waals surface area contributed by atoms with Crippen molar-refractivity contribution in [2.75, 3.05) is 18.0 Å². The molecule has 0 saturated carbocycles. The number of sulfonamides is 1. The number of hydrogen-bond acceptors (Lipinski definition) is 4. The number of nitrogens with zero attached hydrogens (tertiary/aromatic N) is 2. The Bertz CT molecular complexity index is 752. The van der Waals surface area contributed by atoms with E-state index in [1.54, 1.807) is 24.4 Å². The zero-order valence-corrected chi connectivity index (χ0v) is 13.4. The lowest BCUT2D eigenvalue weighted by atomic mass is 10.3. The van der Waals surface area contributed by atoms with Gasteiger partial charge in [0.1, 0.15) is 10.7 Å². The van der Waals surface area contributed by atoms with E-state index in [0.717, 1.165) is 18.8 Å². The van der Waals surface area contributed by atoms with E-state index < -0.39 is 10.0 Å². The highest BCUT2D eigenvalue weighted by atomic mass is 35.5. The van der Waals surface area contributed by atoms with Gasteiger partial charge in [0, 0.05) is 25.3 Å². The van der Waals surface area contributed by atoms with Crippen LogP contribution in [0.2, 0.25) is 5.02 Å². The van der Waals surface area contributed by atoms with Gasteiger partial charge in [0.15, 0.2) is 0 Å². The SMILES string of the molecule is O=S(=O)(N[C@@H]1CCN(c2ccccn2)C1)c1ccccc1Cl. The number of anilines is 1. The maximum absolute atomic E-state index is 12.4. The number of rotatable bonds is 4. The van der Waals surface area contributed by atoms with Crippen molar-refractivity contribution in [3.8, 4) is 0 Å². The second-order valence-electron chi connectivity index (χ2n) is 5.17. The van der Waals surface area contributed by atoms with Gasteiger partial charge in [0.05, 0.1) is 5.02 Å². The highest BCUT2D eigenvalue weighted by Crippen LogP contribution is 2.23. The summed E-state index contributed by atoms with van der Waals surface area (Å²) in [5.74, 6) is 0.863. The lowest BCUT2D eigenvalue weighted by Crippen LogP contribution is -2.37. The number of benzene rings is 1. The van der Waals surface area contributed by atoms with Gasteiger partial charge in [-0.15, -0.1) is 0 Å². The Kier molecular flexibility index (Phi) is 4.33. The van der Waals surface area contributed by atoms with Crippen LogP contribution < -0.4 is 9.62 Å². The molecule has 1 aromatic heterocycles. The fraction of sp³-hybridized carbons (Fsp3) is 0.267. The second kappa shape index (κ2) is 6.24. The molecule has 116 valence electrons. The van der Waals surface area contributed by atoms with E-state index in [4.69, 9.17) is 11.6 Å². The number of nitrogens with one attached hydrogen (secondary N) is 1. The van der Waals surface area contributed by atoms with Gasteiger partial charge in [-0.2, -0.15) is 0 Å². The van der Waals surface area contributed by atoms with Crippen LogP contribution >= 0.6 is 11.6 Å². The fourth-order valence-electron chi connectivity index (χ4n) is 2.55. The number of halogens is 1. The summed E-state index contributed by atoms with van der Waals surface area (Å²) in [5, 5.41) is 0.231. The summed E-state index contributed by atoms with van der Waals surface area (Å²) in [7, 11) is -3.61. The maximum Gasteiger partial charge on any atom is 0.242 e. The lowest BCUT2D eigenvalue weighted by Gasteiger charge is -2.18. The first-order valence-electron chi connectivity index (χ1n) is 6.99. The number of aromatic nitrogens is 1. The first kappa shape index (κ1) is 15.3. The summed E-state index contributed by atoms with van der Waals surface area (Å²) in [6, 6.07) is 12.0. The average molecular weight is 338 g/mol. The highest BCUT2D eigenvalue weighted by molar-refractivity contribution is 7.89. The minimum absolute atomic E-state index is 0.118. The van der Waals surface area contributed by atoms with Crippen LogP contribution in [0.3, 0.4) is 0 Å². The van der Waals surface area contributed by atoms with Gasteiger partial charge in [0.2, 0.25) is 10.0 Å². The second-order valence-corrected chi connectivity index (χ2v) is 7.26. The molecule has 0 unspecified atom stereocenters. The minimum atomic E-state index is -3.61. The van der Waals surface area contributed by atoms with Crippen molar-refractivity contribution in [2.45, 2.75) is 17.4 Å². The molecule has 5 nitrogen and oxygen atoms in total. The minimum Gasteiger partial charge on any atom is -0.355 e. The summed E-state index contributed by atoms with van der Waals surface area (Å²) >= 11 is 5.98. The molecule has 2 heterocycles. The predicted molar refractivity (Wildman–Crippen MR) is 86.6 cm³/mol. The third-order valence-electron chi connectivity index (χ3n) is 3.61. The topological polar surface area (TPSA) is 62.3 Å². The van der Waals surface area contributed by atoms with Crippen LogP contribution in [-0.2, 0) is 10.0 Å². The Morgan fingerprint density at radius 2 is 1.95 bits per heavy atom. The first-order chi connectivity index (χ1) is 10.6. The van der Waals surface area contributed by atoms with Crippen molar-refractivity contribution >= 4 is 27.4 Å². The summed E-state index contributed by atoms with van der Waals surface area (Å²) < 4.78 is 27.6. The van der Waals surface area contributed by atoms with Crippen molar-refractivity contribution < 1.29 is 8.42 Å². The molecule has 0 radical (unpaired) electrons. The standard InChI is InChI=1S/C15H16ClN3O2S/c16-13-5-1-2-6-14(13)22(20,21)18-12-8-10-19(11-12)15-7-3-4-9-17-15/h1-7,9,12,18H,8,10-11H2/t12-/m1/s1. The number of hydrogen-bond donors (Lipinski definition) is 1. The van der Waals surface area contributed by atoms with Crippen molar-refractivity contribution in [2.24, 2.45) is 0 Å². The summed E-state index contributed by atoms with van der Waals surface area (Å²) in [4.78, 5) is 6.48. The quantitative estimate of drug-likeness (QED) is 0.929. The third-order valence-corrected chi connectivity index (χ3v) is 5.63. The summed E-state index contributed by atoms with van der Waals surface area (Å²) in [5.41, 5.74) is 0. The Balaban J connectivity index is 1.71. The molecule has 22 heavy (non-hydrogen) atoms. The molecule has 0 amide bonds. The molecule has 1 aromatic carbocycles. The molecule has 0 aliphatic carbocycles. The lowest BCUT2D eigenvalue weighted by molar-refractivity contribution is 0.561. The Morgan fingerprint density at radius 3 is 2.68 bits per heavy atom. The van der Waals surface area contributed by atoms with Crippen molar-refractivity contribution in [3.05, 3.63) is 53.7 Å². The van der Waals surface area contributed by atoms with E-state index in [9.17, 15) is 8.42 Å². The van der Waals surface area contributed by atoms with Crippen LogP contribution in [0.5, 0.6) is 0 Å². The molecule has 0 bridgehead atoms. The van der Waals surface area contributed by atoms with E-state index in [1.807, 2.05) is 18.2 Å². The van der Waals surface area contributed by atoms with Gasteiger partial charge in [-0.05, 0) is 30.7 Å². The van der Waals surface area contributed by atoms with E-state index in [0.29, 0.717) is 6.54 Å². The van der Waals surface area contributed by atoms with Crippen molar-refractivity contribution in [3.63, 3.8) is 0 Å². The molecular weight excluding hydrogens is 322 g/mol. The monoisotopic (exact) mass is 337 g/mol. The summed E-state index contributed by atoms with van der Waals surface area (Å²) in [6.07, 6.45) is 2.47. The molecular formula is C15H16ClN3O2S. The molecule has 3 rings (SSSR count). The molecule has 1 fully saturated rings. The average Bonchev–Trinajstić information content (AvgIpc) is 2.96. The van der Waals surface area contributed by atoms with Crippen molar-refractivity contribution in [1.29, 1.82) is 0 Å². The Labute approximate surface area is 135 Å². The van der Waals surface area contributed by atoms with Gasteiger partial charge in [-0.1, -0.05) is 29.8 Å². The number of pyridine rings is 1. The molecule has 2 aromatic rings. The molecule has 7 heteroatoms. The zero-order valence-electron chi connectivity index (χ0n) is 11.8. The van der Waals surface area contributed by atoms with E-state index in [2.05, 4.69) is 14.6 Å². The van der Waals surface area contributed by atoms with Gasteiger partial charge in [0.25, 0.3) is 0 Å². The van der Waals surface area contributed by atoms with Gasteiger partial charge in [-0.3, -0.25) is 0 Å². The third kappa shape index (κ3) is 3.24. The molecule has 1 N–H and O–H groups in total. The van der Waals surface area contributed by atoms with Crippen LogP contribution in [0, 0.1) is 0 Å². The molecule has 1 atom stereocenters. The van der Waals surface area contributed by atoms with Crippen LogP contribution in [0.4, 0.5) is 5.82 Å². The van der Waals surface area contributed by atoms with Crippen LogP contribution in [0.1, 0.15) is 6.42 Å². The molecule has 1 saturated heterocycles. The van der Waals surface area contributed by atoms with E-state index in [-0.39, 0.29) is 16.0 Å². The predicted octanol–water partition coefficient (Wildman–Crippen LogP) is 2.29. The largest absolute Gasteiger partial charge is 0.355 e. The van der Waals surface area contributed by atoms with Crippen molar-refractivity contribution in [1.82, 2.24) is 9.71 Å². The summed E-state index contributed by atoms with van der Waals surface area (Å²) in [6.45, 7) is 1.37.